The molecular formula is C13H32O8. The lowest BCUT2D eigenvalue weighted by Gasteiger charge is -2.00. The molecule has 0 aliphatic carbocycles. The maximum Gasteiger partial charge on any atom is 0.300 e. The molecule has 132 valence electrons. The minimum absolute atomic E-state index is 0.139. The van der Waals surface area contributed by atoms with Gasteiger partial charge in [-0.25, -0.2) is 0 Å². The van der Waals surface area contributed by atoms with Crippen LogP contribution in [0.3, 0.4) is 0 Å². The average molecular weight is 316 g/mol. The van der Waals surface area contributed by atoms with Crippen molar-refractivity contribution in [2.24, 2.45) is 0 Å². The monoisotopic (exact) mass is 316 g/mol. The van der Waals surface area contributed by atoms with E-state index in [1.54, 1.807) is 28.4 Å². The minimum Gasteiger partial charge on any atom is -0.481 e. The summed E-state index contributed by atoms with van der Waals surface area (Å²) in [7, 11) is 6.55. The Labute approximate surface area is 127 Å². The van der Waals surface area contributed by atoms with Crippen molar-refractivity contribution in [3.05, 3.63) is 0 Å². The van der Waals surface area contributed by atoms with Crippen molar-refractivity contribution in [3.8, 4) is 0 Å². The number of methoxy groups -OCH3 is 3. The molecule has 0 amide bonds. The number of aliphatic hydroxyl groups is 2. The molecule has 1 unspecified atom stereocenters. The molecule has 0 spiro atoms. The van der Waals surface area contributed by atoms with Crippen molar-refractivity contribution >= 4 is 5.97 Å². The Bertz CT molecular complexity index is 154. The Balaban J connectivity index is -0.000000102. The highest BCUT2D eigenvalue weighted by Crippen LogP contribution is 1.75. The number of hydrogen-bond acceptors (Lipinski definition) is 7. The van der Waals surface area contributed by atoms with Gasteiger partial charge in [-0.15, -0.1) is 0 Å². The maximum absolute atomic E-state index is 9.00. The van der Waals surface area contributed by atoms with Crippen LogP contribution in [-0.4, -0.2) is 88.9 Å². The highest BCUT2D eigenvalue weighted by atomic mass is 16.5. The molecule has 0 bridgehead atoms. The molecule has 0 aliphatic rings. The van der Waals surface area contributed by atoms with Crippen LogP contribution in [0.4, 0.5) is 0 Å². The number of carboxylic acid groups (broad SMARTS) is 1. The zero-order valence-corrected chi connectivity index (χ0v) is 14.0. The van der Waals surface area contributed by atoms with Gasteiger partial charge in [0.25, 0.3) is 5.97 Å². The summed E-state index contributed by atoms with van der Waals surface area (Å²) in [6, 6.07) is 0. The number of carboxylic acids is 1. The van der Waals surface area contributed by atoms with Crippen LogP contribution in [0.25, 0.3) is 0 Å². The Morgan fingerprint density at radius 2 is 1.24 bits per heavy atom. The topological polar surface area (TPSA) is 115 Å². The summed E-state index contributed by atoms with van der Waals surface area (Å²) in [5.74, 6) is -0.833. The number of aliphatic carboxylic acids is 1. The molecule has 8 nitrogen and oxygen atoms in total. The minimum atomic E-state index is -0.833. The number of hydrogen-bond donors (Lipinski definition) is 3. The fourth-order valence-electron chi connectivity index (χ4n) is 0.387. The van der Waals surface area contributed by atoms with Gasteiger partial charge in [0.05, 0.1) is 39.1 Å². The van der Waals surface area contributed by atoms with Gasteiger partial charge in [0.2, 0.25) is 0 Å². The Morgan fingerprint density at radius 3 is 1.38 bits per heavy atom. The van der Waals surface area contributed by atoms with Crippen LogP contribution in [0.5, 0.6) is 0 Å². The van der Waals surface area contributed by atoms with E-state index >= 15 is 0 Å². The molecule has 8 heteroatoms. The normalized spacial score (nSPS) is 9.90. The van der Waals surface area contributed by atoms with E-state index in [4.69, 9.17) is 34.3 Å². The summed E-state index contributed by atoms with van der Waals surface area (Å²) >= 11 is 0. The molecule has 1 atom stereocenters. The van der Waals surface area contributed by atoms with E-state index in [1.807, 2.05) is 0 Å². The summed E-state index contributed by atoms with van der Waals surface area (Å²) in [4.78, 5) is 9.00. The van der Waals surface area contributed by atoms with E-state index in [9.17, 15) is 0 Å². The molecular weight excluding hydrogens is 284 g/mol. The predicted molar refractivity (Wildman–Crippen MR) is 79.6 cm³/mol. The molecule has 3 N–H and O–H groups in total. The first kappa shape index (κ1) is 28.4. The first-order valence-electron chi connectivity index (χ1n) is 6.28. The second-order valence-corrected chi connectivity index (χ2v) is 3.56. The summed E-state index contributed by atoms with van der Waals surface area (Å²) in [5.41, 5.74) is 0. The van der Waals surface area contributed by atoms with Gasteiger partial charge in [-0.2, -0.15) is 0 Å². The number of ether oxygens (including phenoxy) is 4. The second-order valence-electron chi connectivity index (χ2n) is 3.56. The van der Waals surface area contributed by atoms with Crippen LogP contribution >= 0.6 is 0 Å². The van der Waals surface area contributed by atoms with Crippen LogP contribution in [0.1, 0.15) is 13.8 Å². The van der Waals surface area contributed by atoms with E-state index in [2.05, 4.69) is 4.74 Å². The van der Waals surface area contributed by atoms with E-state index in [-0.39, 0.29) is 6.61 Å². The van der Waals surface area contributed by atoms with Crippen LogP contribution < -0.4 is 0 Å². The third-order valence-electron chi connectivity index (χ3n) is 1.13. The van der Waals surface area contributed by atoms with E-state index in [1.165, 1.54) is 6.92 Å². The number of rotatable bonds is 7. The Kier molecular flexibility index (Phi) is 42.7. The van der Waals surface area contributed by atoms with E-state index < -0.39 is 12.1 Å². The fourth-order valence-corrected chi connectivity index (χ4v) is 0.387. The Hall–Kier alpha value is -0.770. The average Bonchev–Trinajstić information content (AvgIpc) is 2.39. The molecule has 0 aliphatic heterocycles. The molecule has 0 aromatic carbocycles. The quantitative estimate of drug-likeness (QED) is 0.563. The summed E-state index contributed by atoms with van der Waals surface area (Å²) in [6.07, 6.45) is -0.560. The first-order chi connectivity index (χ1) is 9.83. The second kappa shape index (κ2) is 31.6. The van der Waals surface area contributed by atoms with Crippen molar-refractivity contribution in [2.75, 3.05) is 61.5 Å². The van der Waals surface area contributed by atoms with Crippen molar-refractivity contribution in [3.63, 3.8) is 0 Å². The first-order valence-corrected chi connectivity index (χ1v) is 6.28. The van der Waals surface area contributed by atoms with Crippen LogP contribution in [0.2, 0.25) is 0 Å². The molecule has 0 radical (unpaired) electrons. The third kappa shape index (κ3) is 109. The number of carbonyl (C=O) groups is 1. The van der Waals surface area contributed by atoms with Gasteiger partial charge in [-0.3, -0.25) is 4.79 Å². The van der Waals surface area contributed by atoms with Gasteiger partial charge in [-0.1, -0.05) is 0 Å². The molecule has 21 heavy (non-hydrogen) atoms. The number of aliphatic hydroxyl groups excluding tert-OH is 2. The maximum atomic E-state index is 9.00. The van der Waals surface area contributed by atoms with Gasteiger partial charge in [-0.05, 0) is 6.92 Å². The molecule has 0 aromatic heterocycles. The lowest BCUT2D eigenvalue weighted by molar-refractivity contribution is -0.134. The van der Waals surface area contributed by atoms with Gasteiger partial charge >= 0.3 is 0 Å². The smallest absolute Gasteiger partial charge is 0.300 e. The largest absolute Gasteiger partial charge is 0.481 e. The highest BCUT2D eigenvalue weighted by Gasteiger charge is 1.84. The lowest BCUT2D eigenvalue weighted by Crippen LogP contribution is -2.06. The van der Waals surface area contributed by atoms with Crippen molar-refractivity contribution in [2.45, 2.75) is 20.0 Å². The summed E-state index contributed by atoms with van der Waals surface area (Å²) in [6.45, 7) is 5.09. The van der Waals surface area contributed by atoms with Crippen LogP contribution in [0, 0.1) is 0 Å². The molecule has 0 rings (SSSR count). The fraction of sp³-hybridized carbons (Fsp3) is 0.923. The van der Waals surface area contributed by atoms with Crippen molar-refractivity contribution < 1.29 is 39.1 Å². The lowest BCUT2D eigenvalue weighted by atomic mass is 10.5. The van der Waals surface area contributed by atoms with Gasteiger partial charge in [0.1, 0.15) is 0 Å². The van der Waals surface area contributed by atoms with Crippen LogP contribution in [-0.2, 0) is 23.7 Å². The zero-order chi connectivity index (χ0) is 17.5. The van der Waals surface area contributed by atoms with E-state index in [0.717, 1.165) is 6.92 Å². The van der Waals surface area contributed by atoms with Gasteiger partial charge in [0, 0.05) is 35.4 Å². The molecule has 0 heterocycles. The van der Waals surface area contributed by atoms with Crippen molar-refractivity contribution in [1.82, 2.24) is 0 Å². The predicted octanol–water partition coefficient (Wildman–Crippen LogP) is 0.00880. The molecule has 0 aromatic rings. The molecule has 0 saturated carbocycles. The molecule has 0 saturated heterocycles. The molecule has 0 fully saturated rings. The standard InChI is InChI=1S/C6H14O3.C3H8O2.C2H4O2.C2H6O/c1-7-3-5-9-6-4-8-2;1-3(5)2-4;1-2(3)4;1-3-2/h3-6H2,1-2H3;3-5H,2H2,1H3;1H3,(H,3,4);1-2H3. The third-order valence-corrected chi connectivity index (χ3v) is 1.13. The van der Waals surface area contributed by atoms with Gasteiger partial charge in [0.15, 0.2) is 0 Å². The van der Waals surface area contributed by atoms with E-state index in [0.29, 0.717) is 26.4 Å². The van der Waals surface area contributed by atoms with Crippen LogP contribution in [0.15, 0.2) is 0 Å². The summed E-state index contributed by atoms with van der Waals surface area (Å²) in [5, 5.41) is 23.4. The van der Waals surface area contributed by atoms with Crippen molar-refractivity contribution in [1.29, 1.82) is 0 Å². The van der Waals surface area contributed by atoms with Gasteiger partial charge < -0.3 is 34.3 Å². The SMILES string of the molecule is CC(=O)O.CC(O)CO.COC.COCCOCCOC. The highest BCUT2D eigenvalue weighted by molar-refractivity contribution is 5.62. The zero-order valence-electron chi connectivity index (χ0n) is 14.0. The Morgan fingerprint density at radius 1 is 1.00 bits per heavy atom. The summed E-state index contributed by atoms with van der Waals surface area (Å²) < 4.78 is 18.8.